The van der Waals surface area contributed by atoms with Crippen LogP contribution >= 0.6 is 0 Å². The zero-order chi connectivity index (χ0) is 10.4. The molecule has 0 aromatic rings. The van der Waals surface area contributed by atoms with Crippen LogP contribution in [0.15, 0.2) is 12.7 Å². The molecule has 0 bridgehead atoms. The van der Waals surface area contributed by atoms with Gasteiger partial charge in [0, 0.05) is 19.7 Å². The smallest absolute Gasteiger partial charge is 0.317 e. The van der Waals surface area contributed by atoms with Gasteiger partial charge in [-0.2, -0.15) is 0 Å². The van der Waals surface area contributed by atoms with E-state index in [1.165, 1.54) is 0 Å². The van der Waals surface area contributed by atoms with E-state index in [9.17, 15) is 4.79 Å². The van der Waals surface area contributed by atoms with E-state index in [1.807, 2.05) is 4.90 Å². The summed E-state index contributed by atoms with van der Waals surface area (Å²) in [6, 6.07) is 0. The highest BCUT2D eigenvalue weighted by Crippen LogP contribution is 2.13. The molecule has 1 aliphatic heterocycles. The molecule has 1 aliphatic rings. The van der Waals surface area contributed by atoms with Crippen LogP contribution in [0.3, 0.4) is 0 Å². The number of ether oxygens (including phenoxy) is 1. The molecule has 0 spiro atoms. The highest BCUT2D eigenvalue weighted by Gasteiger charge is 2.19. The van der Waals surface area contributed by atoms with Crippen molar-refractivity contribution >= 4 is 5.97 Å². The van der Waals surface area contributed by atoms with Gasteiger partial charge in [-0.3, -0.25) is 9.69 Å². The summed E-state index contributed by atoms with van der Waals surface area (Å²) in [6.07, 6.45) is 4.04. The maximum atomic E-state index is 10.5. The molecule has 80 valence electrons. The first-order valence-corrected chi connectivity index (χ1v) is 4.89. The highest BCUT2D eigenvalue weighted by atomic mass is 16.5. The van der Waals surface area contributed by atoms with Gasteiger partial charge in [-0.1, -0.05) is 6.08 Å². The topological polar surface area (TPSA) is 49.8 Å². The number of hydrogen-bond acceptors (Lipinski definition) is 3. The van der Waals surface area contributed by atoms with Gasteiger partial charge in [0.25, 0.3) is 0 Å². The zero-order valence-electron chi connectivity index (χ0n) is 8.32. The maximum absolute atomic E-state index is 10.5. The van der Waals surface area contributed by atoms with Crippen molar-refractivity contribution in [3.8, 4) is 0 Å². The molecule has 1 heterocycles. The quantitative estimate of drug-likeness (QED) is 0.641. The fraction of sp³-hybridized carbons (Fsp3) is 0.700. The molecule has 1 atom stereocenters. The second-order valence-electron chi connectivity index (χ2n) is 3.51. The van der Waals surface area contributed by atoms with Gasteiger partial charge in [0.2, 0.25) is 0 Å². The van der Waals surface area contributed by atoms with Gasteiger partial charge >= 0.3 is 5.97 Å². The highest BCUT2D eigenvalue weighted by molar-refractivity contribution is 5.69. The largest absolute Gasteiger partial charge is 0.480 e. The molecule has 0 amide bonds. The molecule has 4 heteroatoms. The number of nitrogens with zero attached hydrogens (tertiary/aromatic N) is 1. The van der Waals surface area contributed by atoms with Crippen molar-refractivity contribution in [1.82, 2.24) is 4.90 Å². The van der Waals surface area contributed by atoms with Crippen LogP contribution in [-0.2, 0) is 9.53 Å². The van der Waals surface area contributed by atoms with Crippen LogP contribution in [0.2, 0.25) is 0 Å². The molecule has 0 aromatic heterocycles. The van der Waals surface area contributed by atoms with Gasteiger partial charge in [0.1, 0.15) is 0 Å². The molecule has 4 nitrogen and oxygen atoms in total. The number of rotatable bonds is 6. The van der Waals surface area contributed by atoms with E-state index in [4.69, 9.17) is 9.84 Å². The van der Waals surface area contributed by atoms with Crippen molar-refractivity contribution < 1.29 is 14.6 Å². The molecular formula is C10H17NO3. The van der Waals surface area contributed by atoms with Crippen molar-refractivity contribution in [1.29, 1.82) is 0 Å². The van der Waals surface area contributed by atoms with Crippen molar-refractivity contribution in [2.75, 3.05) is 26.2 Å². The Hall–Kier alpha value is -0.870. The van der Waals surface area contributed by atoms with Gasteiger partial charge in [-0.25, -0.2) is 0 Å². The van der Waals surface area contributed by atoms with E-state index in [-0.39, 0.29) is 12.6 Å². The Labute approximate surface area is 84.2 Å². The van der Waals surface area contributed by atoms with Crippen LogP contribution in [0.1, 0.15) is 12.8 Å². The Bertz CT molecular complexity index is 200. The Morgan fingerprint density at radius 3 is 3.00 bits per heavy atom. The lowest BCUT2D eigenvalue weighted by molar-refractivity contribution is -0.138. The lowest BCUT2D eigenvalue weighted by Gasteiger charge is -2.21. The van der Waals surface area contributed by atoms with Crippen LogP contribution in [0.5, 0.6) is 0 Å². The van der Waals surface area contributed by atoms with Crippen LogP contribution in [0.4, 0.5) is 0 Å². The number of aliphatic carboxylic acids is 1. The molecule has 1 N–H and O–H groups in total. The maximum Gasteiger partial charge on any atom is 0.317 e. The van der Waals surface area contributed by atoms with E-state index in [0.717, 1.165) is 19.4 Å². The molecule has 1 fully saturated rings. The molecule has 0 saturated carbocycles. The number of carboxylic acid groups (broad SMARTS) is 1. The number of carbonyl (C=O) groups is 1. The molecular weight excluding hydrogens is 182 g/mol. The molecule has 0 aromatic carbocycles. The van der Waals surface area contributed by atoms with Crippen LogP contribution < -0.4 is 0 Å². The summed E-state index contributed by atoms with van der Waals surface area (Å²) < 4.78 is 5.44. The van der Waals surface area contributed by atoms with E-state index in [0.29, 0.717) is 13.1 Å². The second kappa shape index (κ2) is 5.78. The fourth-order valence-electron chi connectivity index (χ4n) is 1.65. The van der Waals surface area contributed by atoms with Crippen LogP contribution in [-0.4, -0.2) is 48.3 Å². The Morgan fingerprint density at radius 1 is 1.71 bits per heavy atom. The summed E-state index contributed by atoms with van der Waals surface area (Å²) in [6.45, 7) is 5.77. The fourth-order valence-corrected chi connectivity index (χ4v) is 1.65. The lowest BCUT2D eigenvalue weighted by atomic mass is 10.2. The molecule has 0 radical (unpaired) electrons. The standard InChI is InChI=1S/C10H17NO3/c1-2-5-11(8-10(12)13)7-9-4-3-6-14-9/h2,9H,1,3-8H2,(H,12,13). The minimum Gasteiger partial charge on any atom is -0.480 e. The number of hydrogen-bond donors (Lipinski definition) is 1. The van der Waals surface area contributed by atoms with Crippen LogP contribution in [0, 0.1) is 0 Å². The summed E-state index contributed by atoms with van der Waals surface area (Å²) in [4.78, 5) is 12.4. The van der Waals surface area contributed by atoms with Crippen molar-refractivity contribution in [2.24, 2.45) is 0 Å². The first kappa shape index (κ1) is 11.2. The predicted octanol–water partition coefficient (Wildman–Crippen LogP) is 0.738. The molecule has 1 rings (SSSR count). The normalized spacial score (nSPS) is 21.4. The molecule has 14 heavy (non-hydrogen) atoms. The third-order valence-corrected chi connectivity index (χ3v) is 2.23. The monoisotopic (exact) mass is 199 g/mol. The summed E-state index contributed by atoms with van der Waals surface area (Å²) in [5.41, 5.74) is 0. The third kappa shape index (κ3) is 3.89. The van der Waals surface area contributed by atoms with Crippen molar-refractivity contribution in [3.63, 3.8) is 0 Å². The molecule has 0 aliphatic carbocycles. The number of carboxylic acids is 1. The SMILES string of the molecule is C=CCN(CC(=O)O)CC1CCCO1. The summed E-state index contributed by atoms with van der Waals surface area (Å²) in [5.74, 6) is -0.801. The van der Waals surface area contributed by atoms with E-state index < -0.39 is 5.97 Å². The Morgan fingerprint density at radius 2 is 2.50 bits per heavy atom. The van der Waals surface area contributed by atoms with E-state index in [1.54, 1.807) is 6.08 Å². The van der Waals surface area contributed by atoms with Crippen molar-refractivity contribution in [2.45, 2.75) is 18.9 Å². The van der Waals surface area contributed by atoms with Gasteiger partial charge in [-0.15, -0.1) is 6.58 Å². The summed E-state index contributed by atoms with van der Waals surface area (Å²) >= 11 is 0. The van der Waals surface area contributed by atoms with Gasteiger partial charge < -0.3 is 9.84 Å². The Kier molecular flexibility index (Phi) is 4.62. The zero-order valence-corrected chi connectivity index (χ0v) is 8.32. The third-order valence-electron chi connectivity index (χ3n) is 2.23. The first-order chi connectivity index (χ1) is 6.72. The second-order valence-corrected chi connectivity index (χ2v) is 3.51. The Balaban J connectivity index is 2.32. The summed E-state index contributed by atoms with van der Waals surface area (Å²) in [7, 11) is 0. The van der Waals surface area contributed by atoms with Gasteiger partial charge in [0.15, 0.2) is 0 Å². The van der Waals surface area contributed by atoms with E-state index in [2.05, 4.69) is 6.58 Å². The van der Waals surface area contributed by atoms with E-state index >= 15 is 0 Å². The van der Waals surface area contributed by atoms with Crippen LogP contribution in [0.25, 0.3) is 0 Å². The average molecular weight is 199 g/mol. The lowest BCUT2D eigenvalue weighted by Crippen LogP contribution is -2.36. The minimum atomic E-state index is -0.801. The van der Waals surface area contributed by atoms with Gasteiger partial charge in [0.05, 0.1) is 12.6 Å². The average Bonchev–Trinajstić information content (AvgIpc) is 2.56. The van der Waals surface area contributed by atoms with Gasteiger partial charge in [-0.05, 0) is 12.8 Å². The molecule has 1 saturated heterocycles. The predicted molar refractivity (Wildman–Crippen MR) is 53.2 cm³/mol. The minimum absolute atomic E-state index is 0.0614. The molecule has 1 unspecified atom stereocenters. The first-order valence-electron chi connectivity index (χ1n) is 4.89. The van der Waals surface area contributed by atoms with Crippen molar-refractivity contribution in [3.05, 3.63) is 12.7 Å². The summed E-state index contributed by atoms with van der Waals surface area (Å²) in [5, 5.41) is 8.67.